The number of aromatic amines is 1. The van der Waals surface area contributed by atoms with Crippen molar-refractivity contribution in [3.8, 4) is 23.1 Å². The third kappa shape index (κ3) is 4.96. The standard InChI is InChI=1S/C24H31N3O4Si/c1-24(2,3)32(6,7)31-23-19(29-4)14-17(15-20(23)30-5)11-12-18-16-22(28)27(26-18)21-10-8-9-13-25-21/h8-16,26H,1-7H3/b12-11+. The van der Waals surface area contributed by atoms with E-state index in [1.54, 1.807) is 32.5 Å². The Hall–Kier alpha value is -3.26. The topological polar surface area (TPSA) is 78.4 Å². The van der Waals surface area contributed by atoms with Crippen LogP contribution in [0.2, 0.25) is 18.1 Å². The Bertz CT molecular complexity index is 1130. The quantitative estimate of drug-likeness (QED) is 0.502. The van der Waals surface area contributed by atoms with Crippen LogP contribution in [0, 0.1) is 0 Å². The van der Waals surface area contributed by atoms with Crippen LogP contribution >= 0.6 is 0 Å². The molecule has 0 aliphatic carbocycles. The van der Waals surface area contributed by atoms with E-state index >= 15 is 0 Å². The molecule has 8 heteroatoms. The summed E-state index contributed by atoms with van der Waals surface area (Å²) in [6, 6.07) is 10.7. The summed E-state index contributed by atoms with van der Waals surface area (Å²) in [5, 5.41) is 3.09. The third-order valence-corrected chi connectivity index (χ3v) is 10.0. The molecule has 0 aliphatic heterocycles. The molecule has 7 nitrogen and oxygen atoms in total. The van der Waals surface area contributed by atoms with Gasteiger partial charge in [0.1, 0.15) is 0 Å². The molecule has 0 saturated carbocycles. The molecule has 2 aromatic heterocycles. The Morgan fingerprint density at radius 2 is 1.69 bits per heavy atom. The molecule has 0 radical (unpaired) electrons. The van der Waals surface area contributed by atoms with Gasteiger partial charge in [0.2, 0.25) is 0 Å². The van der Waals surface area contributed by atoms with Crippen LogP contribution < -0.4 is 19.5 Å². The molecule has 32 heavy (non-hydrogen) atoms. The molecular formula is C24H31N3O4Si. The van der Waals surface area contributed by atoms with Crippen molar-refractivity contribution < 1.29 is 13.9 Å². The van der Waals surface area contributed by atoms with Crippen molar-refractivity contribution in [3.05, 3.63) is 64.2 Å². The van der Waals surface area contributed by atoms with Crippen LogP contribution in [-0.2, 0) is 0 Å². The fraction of sp³-hybridized carbons (Fsp3) is 0.333. The fourth-order valence-electron chi connectivity index (χ4n) is 2.85. The number of hydrogen-bond acceptors (Lipinski definition) is 5. The van der Waals surface area contributed by atoms with E-state index in [9.17, 15) is 4.79 Å². The highest BCUT2D eigenvalue weighted by Crippen LogP contribution is 2.45. The summed E-state index contributed by atoms with van der Waals surface area (Å²) in [6.07, 6.45) is 5.35. The highest BCUT2D eigenvalue weighted by Gasteiger charge is 2.40. The predicted octanol–water partition coefficient (Wildman–Crippen LogP) is 5.13. The molecule has 0 unspecified atom stereocenters. The lowest BCUT2D eigenvalue weighted by Crippen LogP contribution is -2.44. The summed E-state index contributed by atoms with van der Waals surface area (Å²) in [4.78, 5) is 16.5. The van der Waals surface area contributed by atoms with Gasteiger partial charge in [0.05, 0.1) is 19.9 Å². The van der Waals surface area contributed by atoms with Crippen LogP contribution in [0.5, 0.6) is 17.2 Å². The zero-order chi connectivity index (χ0) is 23.5. The summed E-state index contributed by atoms with van der Waals surface area (Å²) < 4.78 is 19.2. The summed E-state index contributed by atoms with van der Waals surface area (Å²) in [5.74, 6) is 2.36. The SMILES string of the molecule is COc1cc(/C=C/c2cc(=O)n(-c3ccccn3)[nH]2)cc(OC)c1O[Si](C)(C)C(C)(C)C. The van der Waals surface area contributed by atoms with Gasteiger partial charge in [-0.3, -0.25) is 9.89 Å². The van der Waals surface area contributed by atoms with Crippen molar-refractivity contribution in [2.75, 3.05) is 14.2 Å². The minimum atomic E-state index is -2.09. The van der Waals surface area contributed by atoms with Crippen LogP contribution in [0.4, 0.5) is 0 Å². The second-order valence-electron chi connectivity index (χ2n) is 9.02. The molecule has 0 aliphatic rings. The van der Waals surface area contributed by atoms with Gasteiger partial charge in [0.15, 0.2) is 23.1 Å². The molecule has 0 spiro atoms. The van der Waals surface area contributed by atoms with E-state index in [2.05, 4.69) is 43.9 Å². The monoisotopic (exact) mass is 453 g/mol. The molecule has 0 fully saturated rings. The minimum Gasteiger partial charge on any atom is -0.539 e. The molecule has 1 aromatic carbocycles. The number of methoxy groups -OCH3 is 2. The number of H-pyrrole nitrogens is 1. The summed E-state index contributed by atoms with van der Waals surface area (Å²) in [7, 11) is 1.14. The smallest absolute Gasteiger partial charge is 0.273 e. The maximum absolute atomic E-state index is 12.3. The molecular weight excluding hydrogens is 422 g/mol. The third-order valence-electron chi connectivity index (χ3n) is 5.72. The Kier molecular flexibility index (Phi) is 6.64. The Morgan fingerprint density at radius 3 is 2.22 bits per heavy atom. The number of benzene rings is 1. The molecule has 0 bridgehead atoms. The van der Waals surface area contributed by atoms with Gasteiger partial charge in [0.25, 0.3) is 13.9 Å². The number of rotatable bonds is 7. The Morgan fingerprint density at radius 1 is 1.03 bits per heavy atom. The van der Waals surface area contributed by atoms with Crippen LogP contribution in [0.15, 0.2) is 47.4 Å². The van der Waals surface area contributed by atoms with Crippen molar-refractivity contribution in [1.82, 2.24) is 14.8 Å². The number of ether oxygens (including phenoxy) is 2. The molecule has 1 N–H and O–H groups in total. The van der Waals surface area contributed by atoms with E-state index in [4.69, 9.17) is 13.9 Å². The van der Waals surface area contributed by atoms with E-state index in [0.29, 0.717) is 28.8 Å². The van der Waals surface area contributed by atoms with E-state index in [1.165, 1.54) is 10.7 Å². The number of hydrogen-bond donors (Lipinski definition) is 1. The lowest BCUT2D eigenvalue weighted by atomic mass is 10.1. The number of nitrogens with zero attached hydrogens (tertiary/aromatic N) is 2. The predicted molar refractivity (Wildman–Crippen MR) is 130 cm³/mol. The zero-order valence-electron chi connectivity index (χ0n) is 19.7. The van der Waals surface area contributed by atoms with Gasteiger partial charge in [0, 0.05) is 12.3 Å². The first-order valence-electron chi connectivity index (χ1n) is 10.4. The second kappa shape index (κ2) is 9.08. The van der Waals surface area contributed by atoms with Gasteiger partial charge in [-0.15, -0.1) is 0 Å². The van der Waals surface area contributed by atoms with Gasteiger partial charge >= 0.3 is 0 Å². The summed E-state index contributed by atoms with van der Waals surface area (Å²) >= 11 is 0. The first kappa shape index (κ1) is 23.4. The maximum atomic E-state index is 12.3. The van der Waals surface area contributed by atoms with E-state index in [1.807, 2.05) is 30.4 Å². The molecule has 2 heterocycles. The molecule has 0 atom stereocenters. The fourth-order valence-corrected chi connectivity index (χ4v) is 3.86. The zero-order valence-corrected chi connectivity index (χ0v) is 20.7. The van der Waals surface area contributed by atoms with Crippen LogP contribution in [-0.4, -0.2) is 37.3 Å². The lowest BCUT2D eigenvalue weighted by Gasteiger charge is -2.37. The first-order chi connectivity index (χ1) is 15.1. The number of pyridine rings is 1. The number of nitrogens with one attached hydrogen (secondary N) is 1. The van der Waals surface area contributed by atoms with Gasteiger partial charge in [-0.05, 0) is 54.0 Å². The van der Waals surface area contributed by atoms with Crippen LogP contribution in [0.1, 0.15) is 32.0 Å². The molecule has 3 aromatic rings. The Labute approximate surface area is 189 Å². The van der Waals surface area contributed by atoms with Crippen molar-refractivity contribution in [2.45, 2.75) is 38.9 Å². The summed E-state index contributed by atoms with van der Waals surface area (Å²) in [5.41, 5.74) is 1.32. The van der Waals surface area contributed by atoms with E-state index < -0.39 is 8.32 Å². The van der Waals surface area contributed by atoms with Crippen molar-refractivity contribution in [1.29, 1.82) is 0 Å². The van der Waals surface area contributed by atoms with Crippen molar-refractivity contribution in [2.24, 2.45) is 0 Å². The first-order valence-corrected chi connectivity index (χ1v) is 13.3. The largest absolute Gasteiger partial charge is 0.539 e. The van der Waals surface area contributed by atoms with E-state index in [-0.39, 0.29) is 10.6 Å². The van der Waals surface area contributed by atoms with Crippen LogP contribution in [0.3, 0.4) is 0 Å². The van der Waals surface area contributed by atoms with Gasteiger partial charge in [-0.2, -0.15) is 0 Å². The van der Waals surface area contributed by atoms with Crippen molar-refractivity contribution in [3.63, 3.8) is 0 Å². The Balaban J connectivity index is 1.93. The number of aromatic nitrogens is 3. The van der Waals surface area contributed by atoms with Gasteiger partial charge in [-0.1, -0.05) is 32.9 Å². The molecule has 3 rings (SSSR count). The average Bonchev–Trinajstić information content (AvgIpc) is 3.12. The molecule has 0 amide bonds. The lowest BCUT2D eigenvalue weighted by molar-refractivity contribution is 0.354. The highest BCUT2D eigenvalue weighted by atomic mass is 28.4. The molecule has 0 saturated heterocycles. The van der Waals surface area contributed by atoms with Gasteiger partial charge < -0.3 is 13.9 Å². The summed E-state index contributed by atoms with van der Waals surface area (Å²) in [6.45, 7) is 10.9. The van der Waals surface area contributed by atoms with Crippen LogP contribution in [0.25, 0.3) is 18.0 Å². The molecule has 170 valence electrons. The van der Waals surface area contributed by atoms with Crippen molar-refractivity contribution >= 4 is 20.5 Å². The maximum Gasteiger partial charge on any atom is 0.273 e. The van der Waals surface area contributed by atoms with Gasteiger partial charge in [-0.25, -0.2) is 9.67 Å². The highest BCUT2D eigenvalue weighted by molar-refractivity contribution is 6.74. The average molecular weight is 454 g/mol. The van der Waals surface area contributed by atoms with E-state index in [0.717, 1.165) is 5.56 Å². The normalized spacial score (nSPS) is 12.2. The minimum absolute atomic E-state index is 0.0359. The second-order valence-corrected chi connectivity index (χ2v) is 13.7.